The number of nitriles is 1. The predicted octanol–water partition coefficient (Wildman–Crippen LogP) is 3.87. The zero-order valence-corrected chi connectivity index (χ0v) is 17.0. The molecule has 8 heteroatoms. The lowest BCUT2D eigenvalue weighted by atomic mass is 9.87. The van der Waals surface area contributed by atoms with Gasteiger partial charge in [0.25, 0.3) is 0 Å². The zero-order chi connectivity index (χ0) is 20.1. The molecule has 0 bridgehead atoms. The summed E-state index contributed by atoms with van der Waals surface area (Å²) < 4.78 is 0.909. The summed E-state index contributed by atoms with van der Waals surface area (Å²) in [4.78, 5) is 24.4. The van der Waals surface area contributed by atoms with Gasteiger partial charge in [0.2, 0.25) is 11.8 Å². The fourth-order valence-corrected chi connectivity index (χ4v) is 3.97. The molecule has 2 aromatic rings. The van der Waals surface area contributed by atoms with Crippen LogP contribution in [0.25, 0.3) is 0 Å². The van der Waals surface area contributed by atoms with Crippen molar-refractivity contribution in [3.05, 3.63) is 69.2 Å². The molecule has 0 radical (unpaired) electrons. The normalized spacial score (nSPS) is 16.3. The van der Waals surface area contributed by atoms with Crippen molar-refractivity contribution < 1.29 is 14.7 Å². The highest BCUT2D eigenvalue weighted by Gasteiger charge is 2.30. The molecule has 0 saturated carbocycles. The van der Waals surface area contributed by atoms with Crippen molar-refractivity contribution in [2.75, 3.05) is 11.1 Å². The summed E-state index contributed by atoms with van der Waals surface area (Å²) in [6, 6.07) is 15.8. The number of carbonyl (C=O) groups excluding carboxylic acids is 2. The summed E-state index contributed by atoms with van der Waals surface area (Å²) in [6.07, 6.45) is 0.113. The van der Waals surface area contributed by atoms with E-state index in [1.54, 1.807) is 30.3 Å². The van der Waals surface area contributed by atoms with Crippen LogP contribution in [-0.4, -0.2) is 22.7 Å². The maximum atomic E-state index is 12.2. The molecule has 6 nitrogen and oxygen atoms in total. The van der Waals surface area contributed by atoms with E-state index in [2.05, 4.69) is 32.6 Å². The number of nitrogens with zero attached hydrogens (tertiary/aromatic N) is 1. The van der Waals surface area contributed by atoms with Crippen LogP contribution in [0.1, 0.15) is 17.9 Å². The molecule has 0 spiro atoms. The Balaban J connectivity index is 1.74. The number of halogens is 1. The Labute approximate surface area is 174 Å². The third-order valence-electron chi connectivity index (χ3n) is 4.10. The zero-order valence-electron chi connectivity index (χ0n) is 14.6. The monoisotopic (exact) mass is 457 g/mol. The number of nitrogens with one attached hydrogen (secondary N) is 2. The molecule has 142 valence electrons. The number of phenolic OH excluding ortho intramolecular Hbond substituents is 1. The van der Waals surface area contributed by atoms with Gasteiger partial charge in [-0.25, -0.2) is 0 Å². The van der Waals surface area contributed by atoms with Gasteiger partial charge in [0.15, 0.2) is 0 Å². The second-order valence-electron chi connectivity index (χ2n) is 6.10. The van der Waals surface area contributed by atoms with E-state index in [9.17, 15) is 20.0 Å². The number of anilines is 1. The number of carbonyl (C=O) groups is 2. The van der Waals surface area contributed by atoms with Crippen molar-refractivity contribution in [1.29, 1.82) is 5.26 Å². The van der Waals surface area contributed by atoms with E-state index >= 15 is 0 Å². The first-order valence-corrected chi connectivity index (χ1v) is 10.2. The Kier molecular flexibility index (Phi) is 6.39. The fourth-order valence-electron chi connectivity index (χ4n) is 2.83. The fraction of sp³-hybridized carbons (Fsp3) is 0.150. The third kappa shape index (κ3) is 4.94. The molecule has 0 unspecified atom stereocenters. The van der Waals surface area contributed by atoms with Crippen LogP contribution in [0.5, 0.6) is 5.75 Å². The highest BCUT2D eigenvalue weighted by molar-refractivity contribution is 9.10. The smallest absolute Gasteiger partial charge is 0.234 e. The van der Waals surface area contributed by atoms with Crippen LogP contribution >= 0.6 is 27.7 Å². The topological polar surface area (TPSA) is 102 Å². The van der Waals surface area contributed by atoms with Crippen LogP contribution in [-0.2, 0) is 9.59 Å². The predicted molar refractivity (Wildman–Crippen MR) is 111 cm³/mol. The van der Waals surface area contributed by atoms with Crippen LogP contribution in [0.4, 0.5) is 5.69 Å². The SMILES string of the molecule is N#CC1=C(SCC(=O)Nc2ccc(Br)cc2)NC(=O)C[C@@H]1c1cccc(O)c1. The Morgan fingerprint density at radius 3 is 2.75 bits per heavy atom. The molecule has 2 aromatic carbocycles. The Hall–Kier alpha value is -2.76. The molecule has 0 saturated heterocycles. The van der Waals surface area contributed by atoms with E-state index < -0.39 is 5.92 Å². The summed E-state index contributed by atoms with van der Waals surface area (Å²) in [6.45, 7) is 0. The standard InChI is InChI=1S/C20H16BrN3O3S/c21-13-4-6-14(7-5-13)23-19(27)11-28-20-17(10-22)16(9-18(26)24-20)12-2-1-3-15(25)8-12/h1-8,16,25H,9,11H2,(H,23,27)(H,24,26)/t16-/m1/s1. The molecule has 1 atom stereocenters. The van der Waals surface area contributed by atoms with E-state index in [1.165, 1.54) is 6.07 Å². The first kappa shape index (κ1) is 20.0. The van der Waals surface area contributed by atoms with E-state index in [1.807, 2.05) is 12.1 Å². The minimum atomic E-state index is -0.456. The Morgan fingerprint density at radius 1 is 1.32 bits per heavy atom. The van der Waals surface area contributed by atoms with Gasteiger partial charge in [-0.3, -0.25) is 9.59 Å². The Bertz CT molecular complexity index is 983. The number of benzene rings is 2. The molecule has 2 amide bonds. The van der Waals surface area contributed by atoms with Gasteiger partial charge in [0.1, 0.15) is 5.75 Å². The van der Waals surface area contributed by atoms with Crippen molar-refractivity contribution in [3.63, 3.8) is 0 Å². The van der Waals surface area contributed by atoms with Crippen LogP contribution in [0.3, 0.4) is 0 Å². The van der Waals surface area contributed by atoms with Crippen molar-refractivity contribution in [2.24, 2.45) is 0 Å². The van der Waals surface area contributed by atoms with E-state index in [0.717, 1.165) is 16.2 Å². The van der Waals surface area contributed by atoms with Crippen LogP contribution in [0.15, 0.2) is 63.6 Å². The summed E-state index contributed by atoms with van der Waals surface area (Å²) in [5.41, 5.74) is 1.73. The molecular weight excluding hydrogens is 442 g/mol. The Morgan fingerprint density at radius 2 is 2.07 bits per heavy atom. The molecular formula is C20H16BrN3O3S. The quantitative estimate of drug-likeness (QED) is 0.632. The molecule has 3 rings (SSSR count). The van der Waals surface area contributed by atoms with Gasteiger partial charge in [-0.15, -0.1) is 0 Å². The van der Waals surface area contributed by atoms with Crippen LogP contribution in [0.2, 0.25) is 0 Å². The number of thioether (sulfide) groups is 1. The van der Waals surface area contributed by atoms with Crippen LogP contribution in [0, 0.1) is 11.3 Å². The third-order valence-corrected chi connectivity index (χ3v) is 5.65. The first-order chi connectivity index (χ1) is 13.5. The summed E-state index contributed by atoms with van der Waals surface area (Å²) in [5, 5.41) is 25.2. The molecule has 0 aliphatic carbocycles. The maximum absolute atomic E-state index is 12.2. The lowest BCUT2D eigenvalue weighted by Crippen LogP contribution is -2.31. The summed E-state index contributed by atoms with van der Waals surface area (Å²) in [5.74, 6) is -0.815. The average molecular weight is 458 g/mol. The molecule has 1 heterocycles. The number of rotatable bonds is 5. The number of phenols is 1. The van der Waals surface area contributed by atoms with Gasteiger partial charge in [0, 0.05) is 22.5 Å². The van der Waals surface area contributed by atoms with E-state index in [4.69, 9.17) is 0 Å². The average Bonchev–Trinajstić information content (AvgIpc) is 2.67. The highest BCUT2D eigenvalue weighted by atomic mass is 79.9. The summed E-state index contributed by atoms with van der Waals surface area (Å²) >= 11 is 4.44. The highest BCUT2D eigenvalue weighted by Crippen LogP contribution is 2.36. The number of hydrogen-bond donors (Lipinski definition) is 3. The second kappa shape index (κ2) is 8.95. The van der Waals surface area contributed by atoms with Gasteiger partial charge in [-0.2, -0.15) is 5.26 Å². The largest absolute Gasteiger partial charge is 0.508 e. The molecule has 0 aromatic heterocycles. The van der Waals surface area contributed by atoms with Gasteiger partial charge >= 0.3 is 0 Å². The lowest BCUT2D eigenvalue weighted by molar-refractivity contribution is -0.121. The van der Waals surface area contributed by atoms with Gasteiger partial charge in [-0.1, -0.05) is 39.8 Å². The van der Waals surface area contributed by atoms with Gasteiger partial charge in [0.05, 0.1) is 22.4 Å². The lowest BCUT2D eigenvalue weighted by Gasteiger charge is -2.25. The van der Waals surface area contributed by atoms with Crippen molar-refractivity contribution in [2.45, 2.75) is 12.3 Å². The maximum Gasteiger partial charge on any atom is 0.234 e. The van der Waals surface area contributed by atoms with Crippen molar-refractivity contribution in [1.82, 2.24) is 5.32 Å². The van der Waals surface area contributed by atoms with Crippen molar-refractivity contribution in [3.8, 4) is 11.8 Å². The number of amides is 2. The molecule has 28 heavy (non-hydrogen) atoms. The van der Waals surface area contributed by atoms with Gasteiger partial charge < -0.3 is 15.7 Å². The minimum Gasteiger partial charge on any atom is -0.508 e. The summed E-state index contributed by atoms with van der Waals surface area (Å²) in [7, 11) is 0. The second-order valence-corrected chi connectivity index (χ2v) is 8.00. The molecule has 3 N–H and O–H groups in total. The molecule has 1 aliphatic rings. The molecule has 1 aliphatic heterocycles. The van der Waals surface area contributed by atoms with Crippen molar-refractivity contribution >= 4 is 45.2 Å². The molecule has 0 fully saturated rings. The number of allylic oxidation sites excluding steroid dienone is 1. The minimum absolute atomic E-state index is 0.0453. The van der Waals surface area contributed by atoms with E-state index in [0.29, 0.717) is 21.9 Å². The first-order valence-electron chi connectivity index (χ1n) is 8.37. The van der Waals surface area contributed by atoms with Crippen LogP contribution < -0.4 is 10.6 Å². The number of aromatic hydroxyl groups is 1. The number of hydrogen-bond acceptors (Lipinski definition) is 5. The van der Waals surface area contributed by atoms with E-state index in [-0.39, 0.29) is 29.7 Å². The van der Waals surface area contributed by atoms with Gasteiger partial charge in [-0.05, 0) is 42.0 Å².